The van der Waals surface area contributed by atoms with Gasteiger partial charge in [0, 0.05) is 44.7 Å². The third-order valence-electron chi connectivity index (χ3n) is 11.3. The van der Waals surface area contributed by atoms with Crippen molar-refractivity contribution in [1.29, 1.82) is 0 Å². The van der Waals surface area contributed by atoms with E-state index < -0.39 is 63.2 Å². The summed E-state index contributed by atoms with van der Waals surface area (Å²) in [6.45, 7) is 21.2. The Labute approximate surface area is 332 Å². The second kappa shape index (κ2) is 17.5. The van der Waals surface area contributed by atoms with E-state index >= 15 is 0 Å². The molecule has 2 heterocycles. The zero-order valence-electron chi connectivity index (χ0n) is 34.5. The number of benzene rings is 1. The molecule has 1 aromatic rings. The van der Waals surface area contributed by atoms with Crippen LogP contribution in [0.2, 0.25) is 0 Å². The first kappa shape index (κ1) is 44.5. The molecule has 0 bridgehead atoms. The molecule has 4 rings (SSSR count). The minimum absolute atomic E-state index is 0.0114. The van der Waals surface area contributed by atoms with Crippen LogP contribution < -0.4 is 21.3 Å². The van der Waals surface area contributed by atoms with Gasteiger partial charge in [0.2, 0.25) is 17.7 Å². The van der Waals surface area contributed by atoms with Crippen LogP contribution >= 0.6 is 0 Å². The lowest BCUT2D eigenvalue weighted by Crippen LogP contribution is -2.62. The van der Waals surface area contributed by atoms with Gasteiger partial charge in [0.25, 0.3) is 0 Å². The molecule has 3 aliphatic rings. The van der Waals surface area contributed by atoms with E-state index in [-0.39, 0.29) is 61.7 Å². The van der Waals surface area contributed by atoms with Crippen LogP contribution in [0.4, 0.5) is 9.59 Å². The zero-order valence-corrected chi connectivity index (χ0v) is 35.3. The summed E-state index contributed by atoms with van der Waals surface area (Å²) in [6, 6.07) is 5.30. The van der Waals surface area contributed by atoms with E-state index in [9.17, 15) is 32.4 Å². The molecule has 1 aromatic carbocycles. The molecular weight excluding hydrogens is 739 g/mol. The Morgan fingerprint density at radius 2 is 1.64 bits per heavy atom. The van der Waals surface area contributed by atoms with Gasteiger partial charge in [-0.2, -0.15) is 17.0 Å². The Morgan fingerprint density at radius 3 is 2.23 bits per heavy atom. The highest BCUT2D eigenvalue weighted by atomic mass is 32.2. The Kier molecular flexibility index (Phi) is 13.9. The summed E-state index contributed by atoms with van der Waals surface area (Å²) in [6.07, 6.45) is 2.04. The quantitative estimate of drug-likeness (QED) is 0.193. The van der Waals surface area contributed by atoms with Gasteiger partial charge < -0.3 is 30.9 Å². The molecule has 2 saturated heterocycles. The lowest BCUT2D eigenvalue weighted by molar-refractivity contribution is -0.144. The summed E-state index contributed by atoms with van der Waals surface area (Å²) >= 11 is 0. The maximum absolute atomic E-state index is 14.5. The highest BCUT2D eigenvalue weighted by molar-refractivity contribution is 7.87. The van der Waals surface area contributed by atoms with Gasteiger partial charge in [0.15, 0.2) is 0 Å². The van der Waals surface area contributed by atoms with Crippen molar-refractivity contribution in [2.45, 2.75) is 112 Å². The molecule has 2 aliphatic heterocycles. The van der Waals surface area contributed by atoms with E-state index in [1.54, 1.807) is 35.2 Å². The van der Waals surface area contributed by atoms with Gasteiger partial charge in [0.05, 0.1) is 6.54 Å². The van der Waals surface area contributed by atoms with Gasteiger partial charge in [0.1, 0.15) is 18.7 Å². The molecule has 6 amide bonds. The minimum Gasteiger partial charge on any atom is -0.444 e. The number of hydrogen-bond acceptors (Lipinski definition) is 8. The monoisotopic (exact) mass is 801 g/mol. The van der Waals surface area contributed by atoms with Gasteiger partial charge >= 0.3 is 22.3 Å². The number of ether oxygens (including phenoxy) is 1. The largest absolute Gasteiger partial charge is 0.444 e. The van der Waals surface area contributed by atoms with Gasteiger partial charge in [-0.1, -0.05) is 105 Å². The number of urea groups is 1. The highest BCUT2D eigenvalue weighted by Crippen LogP contribution is 2.65. The molecule has 0 aromatic heterocycles. The van der Waals surface area contributed by atoms with E-state index in [1.807, 2.05) is 54.5 Å². The summed E-state index contributed by atoms with van der Waals surface area (Å²) in [7, 11) is -4.25. The second-order valence-electron chi connectivity index (χ2n) is 18.0. The molecule has 3 fully saturated rings. The van der Waals surface area contributed by atoms with Crippen LogP contribution in [0.15, 0.2) is 43.0 Å². The van der Waals surface area contributed by atoms with Gasteiger partial charge in [-0.05, 0) is 40.1 Å². The van der Waals surface area contributed by atoms with Crippen molar-refractivity contribution in [3.05, 3.63) is 48.6 Å². The van der Waals surface area contributed by atoms with E-state index in [1.165, 1.54) is 0 Å². The molecule has 0 radical (unpaired) electrons. The van der Waals surface area contributed by atoms with E-state index in [2.05, 4.69) is 41.7 Å². The Balaban J connectivity index is 1.46. The van der Waals surface area contributed by atoms with E-state index in [0.717, 1.165) is 16.3 Å². The summed E-state index contributed by atoms with van der Waals surface area (Å²) in [5.74, 6) is -0.905. The summed E-state index contributed by atoms with van der Waals surface area (Å²) in [4.78, 5) is 69.4. The number of amides is 6. The number of nitrogens with zero attached hydrogens (tertiary/aromatic N) is 3. The Morgan fingerprint density at radius 1 is 0.982 bits per heavy atom. The first-order chi connectivity index (χ1) is 26.0. The maximum atomic E-state index is 14.5. The normalized spacial score (nSPS) is 22.9. The Bertz CT molecular complexity index is 1720. The molecule has 16 heteroatoms. The van der Waals surface area contributed by atoms with Crippen LogP contribution in [-0.2, 0) is 35.9 Å². The van der Waals surface area contributed by atoms with Crippen molar-refractivity contribution in [3.8, 4) is 0 Å². The lowest BCUT2D eigenvalue weighted by Gasteiger charge is -2.39. The average molecular weight is 802 g/mol. The number of fused-ring (bicyclic) bond motifs is 1. The summed E-state index contributed by atoms with van der Waals surface area (Å²) in [5, 5.41) is 11.6. The first-order valence-electron chi connectivity index (χ1n) is 19.6. The van der Waals surface area contributed by atoms with E-state index in [0.29, 0.717) is 23.8 Å². The average Bonchev–Trinajstić information content (AvgIpc) is 3.37. The molecule has 312 valence electrons. The number of hydrogen-bond donors (Lipinski definition) is 4. The van der Waals surface area contributed by atoms with Crippen molar-refractivity contribution >= 4 is 40.1 Å². The second-order valence-corrected chi connectivity index (χ2v) is 19.8. The first-order valence-corrected chi connectivity index (χ1v) is 21.0. The van der Waals surface area contributed by atoms with Crippen molar-refractivity contribution in [2.75, 3.05) is 32.7 Å². The van der Waals surface area contributed by atoms with Crippen molar-refractivity contribution in [1.82, 2.24) is 34.8 Å². The molecular formula is C40H63N7O8S. The van der Waals surface area contributed by atoms with Crippen molar-refractivity contribution < 1.29 is 37.1 Å². The fraction of sp³-hybridized carbons (Fsp3) is 0.675. The van der Waals surface area contributed by atoms with Crippen LogP contribution in [0, 0.1) is 28.1 Å². The van der Waals surface area contributed by atoms with Crippen LogP contribution in [0.3, 0.4) is 0 Å². The predicted octanol–water partition coefficient (Wildman–Crippen LogP) is 3.77. The van der Waals surface area contributed by atoms with Crippen molar-refractivity contribution in [2.24, 2.45) is 28.1 Å². The van der Waals surface area contributed by atoms with Crippen molar-refractivity contribution in [3.63, 3.8) is 0 Å². The van der Waals surface area contributed by atoms with Gasteiger partial charge in [-0.15, -0.1) is 6.58 Å². The Hall–Kier alpha value is -4.18. The number of likely N-dealkylation sites (tertiary alicyclic amines) is 1. The minimum atomic E-state index is -4.25. The topological polar surface area (TPSA) is 187 Å². The van der Waals surface area contributed by atoms with Crippen LogP contribution in [0.1, 0.15) is 87.1 Å². The molecule has 4 N–H and O–H groups in total. The van der Waals surface area contributed by atoms with Gasteiger partial charge in [-0.25, -0.2) is 9.59 Å². The van der Waals surface area contributed by atoms with Gasteiger partial charge in [-0.3, -0.25) is 14.4 Å². The molecule has 0 spiro atoms. The summed E-state index contributed by atoms with van der Waals surface area (Å²) < 4.78 is 34.2. The molecule has 56 heavy (non-hydrogen) atoms. The van der Waals surface area contributed by atoms with Crippen LogP contribution in [-0.4, -0.2) is 109 Å². The molecule has 15 nitrogen and oxygen atoms in total. The number of nitrogens with one attached hydrogen (secondary N) is 4. The third-order valence-corrected chi connectivity index (χ3v) is 13.2. The number of rotatable bonds is 15. The number of carbonyl (C=O) groups excluding carboxylic acids is 5. The smallest absolute Gasteiger partial charge is 0.424 e. The fourth-order valence-electron chi connectivity index (χ4n) is 7.78. The number of piperidine rings is 1. The third kappa shape index (κ3) is 10.4. The van der Waals surface area contributed by atoms with Crippen LogP contribution in [0.5, 0.6) is 0 Å². The van der Waals surface area contributed by atoms with Crippen LogP contribution in [0.25, 0.3) is 0 Å². The molecule has 1 aliphatic carbocycles. The zero-order chi connectivity index (χ0) is 41.8. The SMILES string of the molecule is C=CCNC(=O)CC(CCC)NC(=O)[C@@H]1[C@@H]2[C@H](CN1C(=O)[C@@H](NC(=O)N[C@H](CN1CCN(C(=O)OCc3ccccc3)S1(=O)=O)C(C)(C)C)C(C)(C)C)C2(C)C. The predicted molar refractivity (Wildman–Crippen MR) is 213 cm³/mol. The molecule has 1 unspecified atom stereocenters. The number of carbonyl (C=O) groups is 5. The standard InChI is InChI=1S/C40H63N7O8S/c1-11-16-27(22-30(48)41-19-12-2)42-34(49)32-31-28(40(31,9)10)23-46(32)35(50)33(39(6,7)8)44-36(51)43-29(38(3,4)5)24-45-20-21-47(56(45,53)54)37(52)55-25-26-17-14-13-15-18-26/h12-15,17-18,27-29,31-33H,2,11,16,19-25H2,1,3-10H3,(H,41,48)(H,42,49)(H2,43,44,51)/t27?,28-,29+,31-,32-,33+/m0/s1. The lowest BCUT2D eigenvalue weighted by atomic mass is 9.85. The highest BCUT2D eigenvalue weighted by Gasteiger charge is 2.69. The molecule has 1 saturated carbocycles. The summed E-state index contributed by atoms with van der Waals surface area (Å²) in [5.41, 5.74) is -0.859. The molecule has 6 atom stereocenters. The van der Waals surface area contributed by atoms with E-state index in [4.69, 9.17) is 4.74 Å². The maximum Gasteiger partial charge on any atom is 0.424 e. The fourth-order valence-corrected chi connectivity index (χ4v) is 9.26.